The van der Waals surface area contributed by atoms with Crippen molar-refractivity contribution < 1.29 is 18.5 Å². The zero-order chi connectivity index (χ0) is 22.8. The van der Waals surface area contributed by atoms with Gasteiger partial charge in [-0.2, -0.15) is 5.10 Å². The number of carbonyl (C=O) groups excluding carboxylic acids is 2. The second-order valence-electron chi connectivity index (χ2n) is 6.88. The van der Waals surface area contributed by atoms with Crippen LogP contribution < -0.4 is 10.7 Å². The van der Waals surface area contributed by atoms with E-state index in [1.54, 1.807) is 50.2 Å². The van der Waals surface area contributed by atoms with Crippen LogP contribution in [0.5, 0.6) is 0 Å². The maximum atomic E-state index is 13.4. The van der Waals surface area contributed by atoms with E-state index in [4.69, 9.17) is 16.1 Å². The molecule has 0 aliphatic rings. The normalized spacial score (nSPS) is 11.6. The molecule has 0 spiro atoms. The van der Waals surface area contributed by atoms with Crippen LogP contribution in [0.2, 0.25) is 5.02 Å². The molecule has 162 valence electrons. The van der Waals surface area contributed by atoms with E-state index in [-0.39, 0.29) is 21.5 Å². The fraction of sp³-hybridized carbons (Fsp3) is 0.0909. The summed E-state index contributed by atoms with van der Waals surface area (Å²) in [5.41, 5.74) is 4.53. The number of halogens is 2. The van der Waals surface area contributed by atoms with Crippen LogP contribution in [0.25, 0.3) is 10.1 Å². The van der Waals surface area contributed by atoms with Crippen molar-refractivity contribution in [3.8, 4) is 0 Å². The van der Waals surface area contributed by atoms with Gasteiger partial charge in [0.2, 0.25) is 0 Å². The van der Waals surface area contributed by atoms with Crippen LogP contribution in [-0.2, 0) is 0 Å². The molecular formula is C22H16ClFN4O3S. The van der Waals surface area contributed by atoms with E-state index in [0.29, 0.717) is 27.2 Å². The Morgan fingerprint density at radius 3 is 2.56 bits per heavy atom. The summed E-state index contributed by atoms with van der Waals surface area (Å²) in [6.07, 6.45) is 0. The zero-order valence-corrected chi connectivity index (χ0v) is 18.5. The number of anilines is 1. The number of rotatable bonds is 5. The molecule has 2 amide bonds. The molecule has 0 saturated heterocycles. The first kappa shape index (κ1) is 21.7. The number of hydrogen-bond donors (Lipinski definition) is 2. The van der Waals surface area contributed by atoms with Crippen molar-refractivity contribution in [3.05, 3.63) is 81.3 Å². The van der Waals surface area contributed by atoms with Crippen molar-refractivity contribution in [2.75, 3.05) is 5.32 Å². The van der Waals surface area contributed by atoms with E-state index in [1.165, 1.54) is 12.1 Å². The molecular weight excluding hydrogens is 455 g/mol. The van der Waals surface area contributed by atoms with Crippen LogP contribution in [0, 0.1) is 12.7 Å². The Hall–Kier alpha value is -3.56. The van der Waals surface area contributed by atoms with Crippen molar-refractivity contribution in [1.29, 1.82) is 0 Å². The molecule has 2 aromatic heterocycles. The molecule has 10 heteroatoms. The third-order valence-corrected chi connectivity index (χ3v) is 6.20. The summed E-state index contributed by atoms with van der Waals surface area (Å²) >= 11 is 7.37. The van der Waals surface area contributed by atoms with Gasteiger partial charge >= 0.3 is 0 Å². The van der Waals surface area contributed by atoms with E-state index in [0.717, 1.165) is 16.9 Å². The molecule has 0 fully saturated rings. The molecule has 0 aliphatic heterocycles. The standard InChI is InChI=1S/C22H16ClFN4O3S/c1-11-9-17(28-31-11)21(29)25-15-6-3-13(4-7-15)12(2)26-27-22(30)20-19(23)16-8-5-14(24)10-18(16)32-20/h3-10H,1-2H3,(H,25,29)(H,27,30)/b26-12+. The second-order valence-corrected chi connectivity index (χ2v) is 8.31. The van der Waals surface area contributed by atoms with Crippen molar-refractivity contribution >= 4 is 56.2 Å². The lowest BCUT2D eigenvalue weighted by Crippen LogP contribution is -2.18. The Kier molecular flexibility index (Phi) is 6.02. The van der Waals surface area contributed by atoms with Gasteiger partial charge in [-0.1, -0.05) is 28.9 Å². The Bertz CT molecular complexity index is 1360. The highest BCUT2D eigenvalue weighted by Gasteiger charge is 2.17. The number of carbonyl (C=O) groups is 2. The first-order chi connectivity index (χ1) is 15.3. The quantitative estimate of drug-likeness (QED) is 0.301. The number of fused-ring (bicyclic) bond motifs is 1. The van der Waals surface area contributed by atoms with Crippen LogP contribution >= 0.6 is 22.9 Å². The lowest BCUT2D eigenvalue weighted by molar-refractivity contribution is 0.0958. The van der Waals surface area contributed by atoms with E-state index < -0.39 is 11.7 Å². The maximum absolute atomic E-state index is 13.4. The molecule has 2 heterocycles. The molecule has 0 saturated carbocycles. The van der Waals surface area contributed by atoms with Gasteiger partial charge in [-0.05, 0) is 49.7 Å². The summed E-state index contributed by atoms with van der Waals surface area (Å²) < 4.78 is 18.9. The number of nitrogens with zero attached hydrogens (tertiary/aromatic N) is 2. The van der Waals surface area contributed by atoms with Gasteiger partial charge in [0.15, 0.2) is 5.69 Å². The fourth-order valence-electron chi connectivity index (χ4n) is 2.90. The third kappa shape index (κ3) is 4.53. The van der Waals surface area contributed by atoms with Gasteiger partial charge in [0.1, 0.15) is 16.5 Å². The van der Waals surface area contributed by atoms with Gasteiger partial charge in [-0.15, -0.1) is 11.3 Å². The minimum absolute atomic E-state index is 0.190. The fourth-order valence-corrected chi connectivity index (χ4v) is 4.33. The number of hydrogen-bond acceptors (Lipinski definition) is 6. The third-order valence-electron chi connectivity index (χ3n) is 4.54. The predicted octanol–water partition coefficient (Wildman–Crippen LogP) is 5.40. The van der Waals surface area contributed by atoms with Crippen LogP contribution in [0.1, 0.15) is 38.4 Å². The summed E-state index contributed by atoms with van der Waals surface area (Å²) in [6, 6.07) is 12.6. The number of thiophene rings is 1. The number of aryl methyl sites for hydroxylation is 1. The molecule has 7 nitrogen and oxygen atoms in total. The molecule has 4 aromatic rings. The molecule has 2 N–H and O–H groups in total. The molecule has 0 radical (unpaired) electrons. The second kappa shape index (κ2) is 8.89. The number of aromatic nitrogens is 1. The molecule has 2 aromatic carbocycles. The van der Waals surface area contributed by atoms with Crippen LogP contribution in [0.15, 0.2) is 58.2 Å². The van der Waals surface area contributed by atoms with E-state index >= 15 is 0 Å². The molecule has 0 bridgehead atoms. The molecule has 32 heavy (non-hydrogen) atoms. The maximum Gasteiger partial charge on any atom is 0.283 e. The highest BCUT2D eigenvalue weighted by molar-refractivity contribution is 7.21. The molecule has 0 unspecified atom stereocenters. The number of amides is 2. The highest BCUT2D eigenvalue weighted by Crippen LogP contribution is 2.35. The molecule has 0 atom stereocenters. The summed E-state index contributed by atoms with van der Waals surface area (Å²) in [4.78, 5) is 24.9. The van der Waals surface area contributed by atoms with Gasteiger partial charge in [0.05, 0.1) is 10.7 Å². The Balaban J connectivity index is 1.43. The van der Waals surface area contributed by atoms with E-state index in [9.17, 15) is 14.0 Å². The molecule has 0 aliphatic carbocycles. The largest absolute Gasteiger partial charge is 0.361 e. The van der Waals surface area contributed by atoms with Gasteiger partial charge in [-0.3, -0.25) is 9.59 Å². The van der Waals surface area contributed by atoms with Gasteiger partial charge in [-0.25, -0.2) is 9.82 Å². The topological polar surface area (TPSA) is 96.6 Å². The SMILES string of the molecule is C/C(=N\NC(=O)c1sc2cc(F)ccc2c1Cl)c1ccc(NC(=O)c2cc(C)on2)cc1. The minimum Gasteiger partial charge on any atom is -0.361 e. The van der Waals surface area contributed by atoms with Gasteiger partial charge < -0.3 is 9.84 Å². The monoisotopic (exact) mass is 470 g/mol. The van der Waals surface area contributed by atoms with E-state index in [1.807, 2.05) is 0 Å². The minimum atomic E-state index is -0.484. The zero-order valence-electron chi connectivity index (χ0n) is 16.9. The lowest BCUT2D eigenvalue weighted by atomic mass is 10.1. The number of hydrazone groups is 1. The van der Waals surface area contributed by atoms with Gasteiger partial charge in [0, 0.05) is 21.8 Å². The Morgan fingerprint density at radius 2 is 1.88 bits per heavy atom. The Morgan fingerprint density at radius 1 is 1.12 bits per heavy atom. The van der Waals surface area contributed by atoms with Crippen LogP contribution in [-0.4, -0.2) is 22.7 Å². The average molecular weight is 471 g/mol. The van der Waals surface area contributed by atoms with Gasteiger partial charge in [0.25, 0.3) is 11.8 Å². The first-order valence-corrected chi connectivity index (χ1v) is 10.6. The highest BCUT2D eigenvalue weighted by atomic mass is 35.5. The van der Waals surface area contributed by atoms with Crippen molar-refractivity contribution in [2.24, 2.45) is 5.10 Å². The first-order valence-electron chi connectivity index (χ1n) is 9.39. The predicted molar refractivity (Wildman–Crippen MR) is 122 cm³/mol. The number of benzene rings is 2. The van der Waals surface area contributed by atoms with Crippen LogP contribution in [0.3, 0.4) is 0 Å². The smallest absolute Gasteiger partial charge is 0.283 e. The summed E-state index contributed by atoms with van der Waals surface area (Å²) in [7, 11) is 0. The number of nitrogens with one attached hydrogen (secondary N) is 2. The molecule has 4 rings (SSSR count). The lowest BCUT2D eigenvalue weighted by Gasteiger charge is -2.05. The van der Waals surface area contributed by atoms with E-state index in [2.05, 4.69) is 21.0 Å². The summed E-state index contributed by atoms with van der Waals surface area (Å²) in [5, 5.41) is 11.4. The average Bonchev–Trinajstić information content (AvgIpc) is 3.35. The van der Waals surface area contributed by atoms with Crippen molar-refractivity contribution in [3.63, 3.8) is 0 Å². The summed E-state index contributed by atoms with van der Waals surface area (Å²) in [6.45, 7) is 3.43. The Labute approximate surface area is 190 Å². The van der Waals surface area contributed by atoms with Crippen LogP contribution in [0.4, 0.5) is 10.1 Å². The summed E-state index contributed by atoms with van der Waals surface area (Å²) in [5.74, 6) is -0.717. The van der Waals surface area contributed by atoms with Crippen molar-refractivity contribution in [1.82, 2.24) is 10.6 Å². The van der Waals surface area contributed by atoms with Crippen molar-refractivity contribution in [2.45, 2.75) is 13.8 Å².